The Morgan fingerprint density at radius 3 is 2.15 bits per heavy atom. The lowest BCUT2D eigenvalue weighted by Gasteiger charge is -2.24. The summed E-state index contributed by atoms with van der Waals surface area (Å²) >= 11 is 1.84. The molecule has 0 spiro atoms. The van der Waals surface area contributed by atoms with E-state index in [1.165, 1.54) is 41.7 Å². The molecule has 1 N–H and O–H groups in total. The zero-order valence-corrected chi connectivity index (χ0v) is 28.7. The second kappa shape index (κ2) is 11.5. The van der Waals surface area contributed by atoms with Gasteiger partial charge in [0.25, 0.3) is 0 Å². The number of nitrogens with one attached hydrogen (secondary N) is 1. The van der Waals surface area contributed by atoms with Crippen molar-refractivity contribution in [1.29, 1.82) is 0 Å². The van der Waals surface area contributed by atoms with Crippen LogP contribution in [-0.4, -0.2) is 11.7 Å². The highest BCUT2D eigenvalue weighted by Crippen LogP contribution is 2.43. The fourth-order valence-electron chi connectivity index (χ4n) is 7.89. The molecule has 3 heterocycles. The van der Waals surface area contributed by atoms with Gasteiger partial charge < -0.3 is 9.73 Å². The number of hydrogen-bond acceptors (Lipinski definition) is 5. The molecule has 4 nitrogen and oxygen atoms in total. The summed E-state index contributed by atoms with van der Waals surface area (Å²) in [6.45, 7) is 0. The molecule has 1 aliphatic heterocycles. The molecule has 1 unspecified atom stereocenters. The van der Waals surface area contributed by atoms with Crippen molar-refractivity contribution in [3.8, 4) is 11.1 Å². The summed E-state index contributed by atoms with van der Waals surface area (Å²) < 4.78 is 9.18. The van der Waals surface area contributed by atoms with Gasteiger partial charge in [0.1, 0.15) is 23.2 Å². The molecule has 2 aromatic heterocycles. The molecule has 0 radical (unpaired) electrons. The number of fused-ring (bicyclic) bond motifs is 9. The zero-order chi connectivity index (χ0) is 34.2. The van der Waals surface area contributed by atoms with Crippen LogP contribution in [-0.2, 0) is 0 Å². The van der Waals surface area contributed by atoms with Crippen molar-refractivity contribution in [2.75, 3.05) is 0 Å². The van der Waals surface area contributed by atoms with E-state index in [9.17, 15) is 0 Å². The highest BCUT2D eigenvalue weighted by molar-refractivity contribution is 7.25. The average Bonchev–Trinajstić information content (AvgIpc) is 3.79. The first-order chi connectivity index (χ1) is 25.7. The molecule has 1 atom stereocenters. The summed E-state index contributed by atoms with van der Waals surface area (Å²) in [5, 5.41) is 13.3. The number of aliphatic imine (C=N–C) groups is 2. The summed E-state index contributed by atoms with van der Waals surface area (Å²) in [6, 6.07) is 58.0. The zero-order valence-electron chi connectivity index (χ0n) is 27.9. The standard InChI is InChI=1S/C47H29N3OS/c1-2-11-29(12-3-1)45-48-46(32-22-24-34-30(26-32)21-20-28-10-4-5-13-33(28)34)50-47(49-45)37-16-9-18-40-44(37)43-35(15-8-17-39(43)51-40)31-23-25-42-38(27-31)36-14-6-7-19-41(36)52-42/h1-27,47H,(H,48,49,50). The summed E-state index contributed by atoms with van der Waals surface area (Å²) in [7, 11) is 0. The van der Waals surface area contributed by atoms with E-state index in [1.807, 2.05) is 29.5 Å². The van der Waals surface area contributed by atoms with Gasteiger partial charge in [-0.05, 0) is 69.1 Å². The molecular formula is C47H29N3OS. The van der Waals surface area contributed by atoms with Gasteiger partial charge in [-0.1, -0.05) is 127 Å². The van der Waals surface area contributed by atoms with Crippen LogP contribution in [0.3, 0.4) is 0 Å². The van der Waals surface area contributed by atoms with Crippen molar-refractivity contribution in [1.82, 2.24) is 5.32 Å². The summed E-state index contributed by atoms with van der Waals surface area (Å²) in [5.74, 6) is 1.48. The predicted molar refractivity (Wildman–Crippen MR) is 219 cm³/mol. The maximum Gasteiger partial charge on any atom is 0.159 e. The van der Waals surface area contributed by atoms with E-state index >= 15 is 0 Å². The highest BCUT2D eigenvalue weighted by Gasteiger charge is 2.26. The van der Waals surface area contributed by atoms with E-state index in [0.717, 1.165) is 55.6 Å². The third-order valence-electron chi connectivity index (χ3n) is 10.3. The Bertz CT molecular complexity index is 3120. The molecule has 10 aromatic rings. The Balaban J connectivity index is 1.09. The van der Waals surface area contributed by atoms with Crippen LogP contribution in [0.2, 0.25) is 0 Å². The number of rotatable bonds is 4. The largest absolute Gasteiger partial charge is 0.456 e. The normalized spacial score (nSPS) is 14.7. The minimum atomic E-state index is -0.407. The molecule has 52 heavy (non-hydrogen) atoms. The van der Waals surface area contributed by atoms with Gasteiger partial charge in [0.05, 0.1) is 0 Å². The van der Waals surface area contributed by atoms with Crippen LogP contribution in [0.15, 0.2) is 178 Å². The maximum atomic E-state index is 6.59. The van der Waals surface area contributed by atoms with Gasteiger partial charge in [-0.2, -0.15) is 0 Å². The quantitative estimate of drug-likeness (QED) is 0.188. The smallest absolute Gasteiger partial charge is 0.159 e. The Labute approximate surface area is 303 Å². The lowest BCUT2D eigenvalue weighted by atomic mass is 9.95. The van der Waals surface area contributed by atoms with Crippen LogP contribution in [0.25, 0.3) is 74.8 Å². The lowest BCUT2D eigenvalue weighted by molar-refractivity contribution is 0.662. The Kier molecular flexibility index (Phi) is 6.45. The van der Waals surface area contributed by atoms with E-state index in [0.29, 0.717) is 5.84 Å². The van der Waals surface area contributed by atoms with Crippen molar-refractivity contribution in [3.63, 3.8) is 0 Å². The van der Waals surface area contributed by atoms with Crippen LogP contribution in [0.5, 0.6) is 0 Å². The van der Waals surface area contributed by atoms with Crippen LogP contribution in [0, 0.1) is 0 Å². The maximum absolute atomic E-state index is 6.59. The number of thiophene rings is 1. The Morgan fingerprint density at radius 1 is 0.500 bits per heavy atom. The molecule has 0 aliphatic carbocycles. The van der Waals surface area contributed by atoms with E-state index in [2.05, 4.69) is 151 Å². The van der Waals surface area contributed by atoms with Crippen molar-refractivity contribution >= 4 is 86.7 Å². The van der Waals surface area contributed by atoms with Gasteiger partial charge in [-0.3, -0.25) is 0 Å². The minimum absolute atomic E-state index is 0.407. The molecule has 1 aliphatic rings. The Morgan fingerprint density at radius 2 is 1.23 bits per heavy atom. The van der Waals surface area contributed by atoms with Crippen molar-refractivity contribution in [3.05, 3.63) is 180 Å². The molecule has 0 bridgehead atoms. The lowest BCUT2D eigenvalue weighted by Crippen LogP contribution is -2.33. The fraction of sp³-hybridized carbons (Fsp3) is 0.0213. The molecule has 11 rings (SSSR count). The van der Waals surface area contributed by atoms with E-state index in [4.69, 9.17) is 14.4 Å². The SMILES string of the molecule is c1ccc(C2=NC(c3cccc4oc5cccc(-c6ccc7sc8ccccc8c7c6)c5c34)NC(c3ccc4c(ccc5ccccc54)c3)=N2)cc1. The van der Waals surface area contributed by atoms with E-state index in [1.54, 1.807) is 0 Å². The third kappa shape index (κ3) is 4.60. The van der Waals surface area contributed by atoms with E-state index in [-0.39, 0.29) is 0 Å². The highest BCUT2D eigenvalue weighted by atomic mass is 32.1. The second-order valence-corrected chi connectivity index (χ2v) is 14.4. The number of hydrogen-bond donors (Lipinski definition) is 1. The van der Waals surface area contributed by atoms with Crippen LogP contribution >= 0.6 is 11.3 Å². The summed E-state index contributed by atoms with van der Waals surface area (Å²) in [6.07, 6.45) is -0.407. The van der Waals surface area contributed by atoms with Gasteiger partial charge in [0.2, 0.25) is 0 Å². The molecule has 0 saturated heterocycles. The van der Waals surface area contributed by atoms with Gasteiger partial charge in [-0.15, -0.1) is 11.3 Å². The van der Waals surface area contributed by atoms with E-state index < -0.39 is 6.17 Å². The molecule has 5 heteroatoms. The number of furan rings is 1. The predicted octanol–water partition coefficient (Wildman–Crippen LogP) is 12.4. The minimum Gasteiger partial charge on any atom is -0.456 e. The van der Waals surface area contributed by atoms with Crippen LogP contribution < -0.4 is 5.32 Å². The molecule has 244 valence electrons. The van der Waals surface area contributed by atoms with Crippen molar-refractivity contribution in [2.24, 2.45) is 9.98 Å². The second-order valence-electron chi connectivity index (χ2n) is 13.4. The molecule has 0 amide bonds. The van der Waals surface area contributed by atoms with Gasteiger partial charge in [0.15, 0.2) is 5.84 Å². The third-order valence-corrected chi connectivity index (χ3v) is 11.5. The topological polar surface area (TPSA) is 49.9 Å². The first-order valence-corrected chi connectivity index (χ1v) is 18.3. The van der Waals surface area contributed by atoms with Crippen molar-refractivity contribution in [2.45, 2.75) is 6.17 Å². The molecule has 8 aromatic carbocycles. The molecule has 0 fully saturated rings. The van der Waals surface area contributed by atoms with Crippen LogP contribution in [0.1, 0.15) is 22.9 Å². The molecular weight excluding hydrogens is 655 g/mol. The number of benzene rings is 8. The first kappa shape index (κ1) is 29.2. The average molecular weight is 684 g/mol. The monoisotopic (exact) mass is 683 g/mol. The number of nitrogens with zero attached hydrogens (tertiary/aromatic N) is 2. The van der Waals surface area contributed by atoms with Crippen molar-refractivity contribution < 1.29 is 4.42 Å². The first-order valence-electron chi connectivity index (χ1n) is 17.5. The number of amidine groups is 2. The summed E-state index contributed by atoms with van der Waals surface area (Å²) in [5.41, 5.74) is 7.01. The fourth-order valence-corrected chi connectivity index (χ4v) is 8.97. The van der Waals surface area contributed by atoms with Gasteiger partial charge in [0, 0.05) is 47.6 Å². The molecule has 0 saturated carbocycles. The Hall–Kier alpha value is -6.56. The van der Waals surface area contributed by atoms with Gasteiger partial charge >= 0.3 is 0 Å². The summed E-state index contributed by atoms with van der Waals surface area (Å²) in [4.78, 5) is 10.4. The van der Waals surface area contributed by atoms with Crippen LogP contribution in [0.4, 0.5) is 0 Å². The van der Waals surface area contributed by atoms with Gasteiger partial charge in [-0.25, -0.2) is 9.98 Å².